The SMILES string of the molecule is CCOC(=O)c1cnc2cc(COCc3nnn(C(c4ccccc4)(c4ccccc4)c4ccccc4)n3)ccn12. The normalized spacial score (nSPS) is 11.5. The molecule has 0 aliphatic carbocycles. The van der Waals surface area contributed by atoms with E-state index >= 15 is 0 Å². The number of esters is 1. The number of hydrogen-bond donors (Lipinski definition) is 0. The van der Waals surface area contributed by atoms with Crippen molar-refractivity contribution in [2.24, 2.45) is 0 Å². The van der Waals surface area contributed by atoms with Gasteiger partial charge in [-0.15, -0.1) is 15.0 Å². The quantitative estimate of drug-likeness (QED) is 0.176. The van der Waals surface area contributed by atoms with Gasteiger partial charge in [0.2, 0.25) is 0 Å². The Morgan fingerprint density at radius 2 is 1.44 bits per heavy atom. The predicted molar refractivity (Wildman–Crippen MR) is 152 cm³/mol. The third kappa shape index (κ3) is 4.99. The Balaban J connectivity index is 1.27. The van der Waals surface area contributed by atoms with Gasteiger partial charge in [-0.3, -0.25) is 4.40 Å². The number of fused-ring (bicyclic) bond motifs is 1. The maximum Gasteiger partial charge on any atom is 0.356 e. The molecule has 0 unspecified atom stereocenters. The molecule has 0 atom stereocenters. The van der Waals surface area contributed by atoms with Crippen molar-refractivity contribution in [3.63, 3.8) is 0 Å². The number of carbonyl (C=O) groups excluding carboxylic acids is 1. The van der Waals surface area contributed by atoms with Gasteiger partial charge in [-0.1, -0.05) is 91.0 Å². The first-order valence-corrected chi connectivity index (χ1v) is 13.4. The third-order valence-electron chi connectivity index (χ3n) is 6.89. The number of imidazole rings is 1. The van der Waals surface area contributed by atoms with Gasteiger partial charge in [-0.2, -0.15) is 0 Å². The fraction of sp³-hybridized carbons (Fsp3) is 0.156. The largest absolute Gasteiger partial charge is 0.461 e. The van der Waals surface area contributed by atoms with Crippen molar-refractivity contribution in [3.05, 3.63) is 149 Å². The Morgan fingerprint density at radius 3 is 2.02 bits per heavy atom. The molecule has 0 aliphatic rings. The van der Waals surface area contributed by atoms with E-state index in [0.717, 1.165) is 22.3 Å². The first-order valence-electron chi connectivity index (χ1n) is 13.4. The van der Waals surface area contributed by atoms with Gasteiger partial charge in [0, 0.05) is 6.20 Å². The number of rotatable bonds is 10. The fourth-order valence-electron chi connectivity index (χ4n) is 5.06. The summed E-state index contributed by atoms with van der Waals surface area (Å²) in [6.45, 7) is 2.56. The minimum Gasteiger partial charge on any atom is -0.461 e. The van der Waals surface area contributed by atoms with Gasteiger partial charge in [0.25, 0.3) is 0 Å². The zero-order valence-corrected chi connectivity index (χ0v) is 22.5. The molecular formula is C32H28N6O3. The second-order valence-electron chi connectivity index (χ2n) is 9.42. The van der Waals surface area contributed by atoms with Crippen molar-refractivity contribution >= 4 is 11.6 Å². The summed E-state index contributed by atoms with van der Waals surface area (Å²) < 4.78 is 12.8. The monoisotopic (exact) mass is 544 g/mol. The van der Waals surface area contributed by atoms with Crippen LogP contribution in [0.4, 0.5) is 0 Å². The molecule has 0 amide bonds. The fourth-order valence-corrected chi connectivity index (χ4v) is 5.06. The highest BCUT2D eigenvalue weighted by molar-refractivity contribution is 5.88. The average Bonchev–Trinajstić information content (AvgIpc) is 3.67. The third-order valence-corrected chi connectivity index (χ3v) is 6.89. The first kappa shape index (κ1) is 26.1. The van der Waals surface area contributed by atoms with Crippen LogP contribution in [0.25, 0.3) is 5.65 Å². The maximum atomic E-state index is 12.1. The molecule has 6 aromatic rings. The van der Waals surface area contributed by atoms with Crippen molar-refractivity contribution in [3.8, 4) is 0 Å². The summed E-state index contributed by atoms with van der Waals surface area (Å²) in [5.41, 5.74) is 4.12. The Morgan fingerprint density at radius 1 is 0.829 bits per heavy atom. The van der Waals surface area contributed by atoms with Gasteiger partial charge in [0.05, 0.1) is 19.4 Å². The molecule has 0 fully saturated rings. The van der Waals surface area contributed by atoms with Gasteiger partial charge in [-0.05, 0) is 46.5 Å². The Kier molecular flexibility index (Phi) is 7.34. The molecule has 204 valence electrons. The number of pyridine rings is 1. The highest BCUT2D eigenvalue weighted by atomic mass is 16.5. The van der Waals surface area contributed by atoms with Gasteiger partial charge in [-0.25, -0.2) is 9.78 Å². The average molecular weight is 545 g/mol. The molecule has 3 heterocycles. The van der Waals surface area contributed by atoms with E-state index in [4.69, 9.17) is 14.6 Å². The number of nitrogens with zero attached hydrogens (tertiary/aromatic N) is 6. The summed E-state index contributed by atoms with van der Waals surface area (Å²) in [4.78, 5) is 18.2. The van der Waals surface area contributed by atoms with Crippen LogP contribution < -0.4 is 0 Å². The van der Waals surface area contributed by atoms with E-state index in [0.29, 0.717) is 30.4 Å². The Bertz CT molecular complexity index is 1650. The lowest BCUT2D eigenvalue weighted by Crippen LogP contribution is -2.39. The molecule has 3 aromatic heterocycles. The van der Waals surface area contributed by atoms with Crippen LogP contribution in [-0.2, 0) is 28.2 Å². The smallest absolute Gasteiger partial charge is 0.356 e. The molecule has 0 N–H and O–H groups in total. The van der Waals surface area contributed by atoms with Crippen LogP contribution in [0.2, 0.25) is 0 Å². The van der Waals surface area contributed by atoms with Crippen LogP contribution >= 0.6 is 0 Å². The molecule has 0 bridgehead atoms. The van der Waals surface area contributed by atoms with E-state index in [9.17, 15) is 4.79 Å². The zero-order chi connectivity index (χ0) is 28.1. The molecule has 9 nitrogen and oxygen atoms in total. The lowest BCUT2D eigenvalue weighted by atomic mass is 9.77. The second kappa shape index (κ2) is 11.5. The number of aromatic nitrogens is 6. The Labute approximate surface area is 237 Å². The molecule has 0 saturated carbocycles. The van der Waals surface area contributed by atoms with Crippen molar-refractivity contribution in [1.29, 1.82) is 0 Å². The summed E-state index contributed by atoms with van der Waals surface area (Å²) in [7, 11) is 0. The summed E-state index contributed by atoms with van der Waals surface area (Å²) in [6.07, 6.45) is 3.30. The molecule has 41 heavy (non-hydrogen) atoms. The molecule has 9 heteroatoms. The minimum atomic E-state index is -0.836. The van der Waals surface area contributed by atoms with Crippen LogP contribution in [0.1, 0.15) is 45.5 Å². The topological polar surface area (TPSA) is 96.4 Å². The Hall–Kier alpha value is -5.15. The van der Waals surface area contributed by atoms with E-state index in [2.05, 4.69) is 51.7 Å². The lowest BCUT2D eigenvalue weighted by Gasteiger charge is -2.34. The molecule has 0 aliphatic heterocycles. The van der Waals surface area contributed by atoms with Crippen LogP contribution in [-0.4, -0.2) is 42.2 Å². The highest BCUT2D eigenvalue weighted by Gasteiger charge is 2.41. The van der Waals surface area contributed by atoms with Crippen LogP contribution in [0.3, 0.4) is 0 Å². The van der Waals surface area contributed by atoms with E-state index < -0.39 is 11.5 Å². The van der Waals surface area contributed by atoms with Gasteiger partial charge < -0.3 is 9.47 Å². The lowest BCUT2D eigenvalue weighted by molar-refractivity contribution is 0.0518. The summed E-state index contributed by atoms with van der Waals surface area (Å²) in [5.74, 6) is 0.0550. The van der Waals surface area contributed by atoms with E-state index in [1.54, 1.807) is 22.3 Å². The molecule has 0 saturated heterocycles. The molecule has 3 aromatic carbocycles. The van der Waals surface area contributed by atoms with E-state index in [-0.39, 0.29) is 6.61 Å². The maximum absolute atomic E-state index is 12.1. The number of hydrogen-bond acceptors (Lipinski definition) is 7. The predicted octanol–water partition coefficient (Wildman–Crippen LogP) is 5.05. The van der Waals surface area contributed by atoms with Crippen LogP contribution in [0.5, 0.6) is 0 Å². The summed E-state index contributed by atoms with van der Waals surface area (Å²) >= 11 is 0. The molecule has 6 rings (SSSR count). The first-order chi connectivity index (χ1) is 20.2. The minimum absolute atomic E-state index is 0.169. The standard InChI is InChI=1S/C32H28N6O3/c1-2-41-31(39)28-21-33-30-20-24(18-19-37(28)30)22-40-23-29-34-36-38(35-29)32(25-12-6-3-7-13-25,26-14-8-4-9-15-26)27-16-10-5-11-17-27/h3-21H,2,22-23H2,1H3. The number of tetrazole rings is 1. The van der Waals surface area contributed by atoms with Crippen molar-refractivity contribution in [2.75, 3.05) is 6.61 Å². The van der Waals surface area contributed by atoms with Crippen LogP contribution in [0, 0.1) is 0 Å². The number of benzene rings is 3. The number of carbonyl (C=O) groups is 1. The van der Waals surface area contributed by atoms with Gasteiger partial charge in [0.1, 0.15) is 12.3 Å². The summed E-state index contributed by atoms with van der Waals surface area (Å²) in [5, 5.41) is 13.8. The van der Waals surface area contributed by atoms with Crippen molar-refractivity contribution in [1.82, 2.24) is 29.6 Å². The van der Waals surface area contributed by atoms with Gasteiger partial charge >= 0.3 is 5.97 Å². The molecular weight excluding hydrogens is 516 g/mol. The van der Waals surface area contributed by atoms with E-state index in [1.165, 1.54) is 6.20 Å². The highest BCUT2D eigenvalue weighted by Crippen LogP contribution is 2.39. The summed E-state index contributed by atoms with van der Waals surface area (Å²) in [6, 6.07) is 34.3. The van der Waals surface area contributed by atoms with Crippen LogP contribution in [0.15, 0.2) is 116 Å². The zero-order valence-electron chi connectivity index (χ0n) is 22.5. The van der Waals surface area contributed by atoms with Crippen molar-refractivity contribution < 1.29 is 14.3 Å². The second-order valence-corrected chi connectivity index (χ2v) is 9.42. The van der Waals surface area contributed by atoms with Gasteiger partial charge in [0.15, 0.2) is 17.1 Å². The molecule has 0 spiro atoms. The number of ether oxygens (including phenoxy) is 2. The molecule has 0 radical (unpaired) electrons. The van der Waals surface area contributed by atoms with E-state index in [1.807, 2.05) is 66.7 Å². The van der Waals surface area contributed by atoms with Crippen molar-refractivity contribution in [2.45, 2.75) is 25.7 Å².